The Hall–Kier alpha value is 0.310. The first-order chi connectivity index (χ1) is 7.63. The molecule has 0 aliphatic rings. The summed E-state index contributed by atoms with van der Waals surface area (Å²) in [4.78, 5) is 0. The third kappa shape index (κ3) is 8.46. The van der Waals surface area contributed by atoms with E-state index >= 15 is 0 Å². The molecule has 0 spiro atoms. The van der Waals surface area contributed by atoms with Crippen LogP contribution in [0.1, 0.15) is 53.9 Å². The molecule has 0 saturated carbocycles. The molecule has 0 fully saturated rings. The second-order valence-electron chi connectivity index (χ2n) is 5.10. The van der Waals surface area contributed by atoms with Gasteiger partial charge in [-0.3, -0.25) is 0 Å². The number of hydrogen-bond donors (Lipinski definition) is 1. The molecular formula is C14H31NS. The van der Waals surface area contributed by atoms with Crippen LogP contribution >= 0.6 is 11.8 Å². The van der Waals surface area contributed by atoms with Crippen molar-refractivity contribution < 1.29 is 0 Å². The van der Waals surface area contributed by atoms with E-state index in [2.05, 4.69) is 51.7 Å². The van der Waals surface area contributed by atoms with Crippen LogP contribution in [0, 0.1) is 11.8 Å². The SMILES string of the molecule is CCNC(CSCC(C)C)CC(CC)CC. The van der Waals surface area contributed by atoms with Crippen molar-refractivity contribution >= 4 is 11.8 Å². The van der Waals surface area contributed by atoms with Crippen LogP contribution in [-0.4, -0.2) is 24.1 Å². The zero-order valence-electron chi connectivity index (χ0n) is 11.9. The predicted molar refractivity (Wildman–Crippen MR) is 78.3 cm³/mol. The molecule has 0 aromatic carbocycles. The highest BCUT2D eigenvalue weighted by Gasteiger charge is 2.13. The van der Waals surface area contributed by atoms with Crippen molar-refractivity contribution in [3.05, 3.63) is 0 Å². The first-order valence-corrected chi connectivity index (χ1v) is 8.10. The number of rotatable bonds is 10. The molecule has 0 aromatic heterocycles. The Kier molecular flexibility index (Phi) is 10.7. The summed E-state index contributed by atoms with van der Waals surface area (Å²) in [6.45, 7) is 12.6. The van der Waals surface area contributed by atoms with E-state index in [9.17, 15) is 0 Å². The highest BCUT2D eigenvalue weighted by Crippen LogP contribution is 2.18. The second-order valence-corrected chi connectivity index (χ2v) is 6.18. The van der Waals surface area contributed by atoms with Gasteiger partial charge in [0.25, 0.3) is 0 Å². The van der Waals surface area contributed by atoms with E-state index in [1.807, 2.05) is 0 Å². The lowest BCUT2D eigenvalue weighted by Crippen LogP contribution is -2.33. The summed E-state index contributed by atoms with van der Waals surface area (Å²) < 4.78 is 0. The first kappa shape index (κ1) is 16.3. The Morgan fingerprint density at radius 1 is 1.00 bits per heavy atom. The third-order valence-electron chi connectivity index (χ3n) is 3.04. The maximum Gasteiger partial charge on any atom is 0.0160 e. The quantitative estimate of drug-likeness (QED) is 0.619. The smallest absolute Gasteiger partial charge is 0.0160 e. The normalized spacial score (nSPS) is 13.7. The molecule has 0 rings (SSSR count). The molecule has 0 aromatic rings. The van der Waals surface area contributed by atoms with Crippen molar-refractivity contribution in [1.29, 1.82) is 0 Å². The Morgan fingerprint density at radius 3 is 2.06 bits per heavy atom. The molecule has 16 heavy (non-hydrogen) atoms. The van der Waals surface area contributed by atoms with Gasteiger partial charge in [0, 0.05) is 11.8 Å². The van der Waals surface area contributed by atoms with Crippen molar-refractivity contribution in [2.24, 2.45) is 11.8 Å². The fraction of sp³-hybridized carbons (Fsp3) is 1.00. The van der Waals surface area contributed by atoms with Crippen LogP contribution in [0.3, 0.4) is 0 Å². The Bertz CT molecular complexity index is 144. The standard InChI is InChI=1S/C14H31NS/c1-6-13(7-2)9-14(15-8-3)11-16-10-12(4)5/h12-15H,6-11H2,1-5H3. The fourth-order valence-corrected chi connectivity index (χ4v) is 3.12. The fourth-order valence-electron chi connectivity index (χ4n) is 1.97. The summed E-state index contributed by atoms with van der Waals surface area (Å²) in [5, 5.41) is 3.63. The molecule has 2 heteroatoms. The van der Waals surface area contributed by atoms with E-state index < -0.39 is 0 Å². The van der Waals surface area contributed by atoms with E-state index in [0.29, 0.717) is 0 Å². The monoisotopic (exact) mass is 245 g/mol. The highest BCUT2D eigenvalue weighted by atomic mass is 32.2. The largest absolute Gasteiger partial charge is 0.313 e. The molecule has 98 valence electrons. The molecule has 0 bridgehead atoms. The van der Waals surface area contributed by atoms with Gasteiger partial charge in [0.2, 0.25) is 0 Å². The lowest BCUT2D eigenvalue weighted by molar-refractivity contribution is 0.388. The van der Waals surface area contributed by atoms with Crippen LogP contribution in [0.2, 0.25) is 0 Å². The van der Waals surface area contributed by atoms with Gasteiger partial charge in [0.05, 0.1) is 0 Å². The molecule has 0 heterocycles. The lowest BCUT2D eigenvalue weighted by Gasteiger charge is -2.22. The van der Waals surface area contributed by atoms with Crippen LogP contribution in [0.4, 0.5) is 0 Å². The summed E-state index contributed by atoms with van der Waals surface area (Å²) in [6, 6.07) is 0.721. The van der Waals surface area contributed by atoms with E-state index in [-0.39, 0.29) is 0 Å². The minimum absolute atomic E-state index is 0.721. The van der Waals surface area contributed by atoms with Gasteiger partial charge in [-0.15, -0.1) is 0 Å². The van der Waals surface area contributed by atoms with Crippen LogP contribution in [0.25, 0.3) is 0 Å². The van der Waals surface area contributed by atoms with Crippen molar-refractivity contribution in [2.45, 2.75) is 59.9 Å². The number of hydrogen-bond acceptors (Lipinski definition) is 2. The van der Waals surface area contributed by atoms with Gasteiger partial charge >= 0.3 is 0 Å². The highest BCUT2D eigenvalue weighted by molar-refractivity contribution is 7.99. The van der Waals surface area contributed by atoms with Gasteiger partial charge in [-0.25, -0.2) is 0 Å². The molecule has 1 unspecified atom stereocenters. The molecule has 0 aliphatic heterocycles. The summed E-state index contributed by atoms with van der Waals surface area (Å²) >= 11 is 2.11. The Labute approximate surface area is 107 Å². The summed E-state index contributed by atoms with van der Waals surface area (Å²) in [7, 11) is 0. The topological polar surface area (TPSA) is 12.0 Å². The molecule has 0 radical (unpaired) electrons. The van der Waals surface area contributed by atoms with E-state index in [0.717, 1.165) is 24.4 Å². The molecule has 0 saturated heterocycles. The number of nitrogens with one attached hydrogen (secondary N) is 1. The molecule has 1 nitrogen and oxygen atoms in total. The van der Waals surface area contributed by atoms with Crippen molar-refractivity contribution in [3.63, 3.8) is 0 Å². The average molecular weight is 245 g/mol. The molecule has 0 aliphatic carbocycles. The van der Waals surface area contributed by atoms with Gasteiger partial charge in [-0.2, -0.15) is 11.8 Å². The lowest BCUT2D eigenvalue weighted by atomic mass is 9.95. The predicted octanol–water partition coefficient (Wildman–Crippen LogP) is 4.18. The molecule has 0 amide bonds. The van der Waals surface area contributed by atoms with Gasteiger partial charge in [0.1, 0.15) is 0 Å². The van der Waals surface area contributed by atoms with Gasteiger partial charge in [-0.1, -0.05) is 47.5 Å². The zero-order chi connectivity index (χ0) is 12.4. The van der Waals surface area contributed by atoms with Crippen LogP contribution in [0.5, 0.6) is 0 Å². The van der Waals surface area contributed by atoms with E-state index in [1.165, 1.54) is 30.8 Å². The van der Waals surface area contributed by atoms with Gasteiger partial charge in [0.15, 0.2) is 0 Å². The minimum Gasteiger partial charge on any atom is -0.313 e. The Morgan fingerprint density at radius 2 is 1.62 bits per heavy atom. The van der Waals surface area contributed by atoms with Gasteiger partial charge < -0.3 is 5.32 Å². The van der Waals surface area contributed by atoms with Crippen LogP contribution in [-0.2, 0) is 0 Å². The maximum atomic E-state index is 3.63. The average Bonchev–Trinajstić information content (AvgIpc) is 2.25. The van der Waals surface area contributed by atoms with Crippen molar-refractivity contribution in [2.75, 3.05) is 18.1 Å². The summed E-state index contributed by atoms with van der Waals surface area (Å²) in [5.74, 6) is 4.30. The van der Waals surface area contributed by atoms with Crippen molar-refractivity contribution in [1.82, 2.24) is 5.32 Å². The zero-order valence-corrected chi connectivity index (χ0v) is 12.7. The second kappa shape index (κ2) is 10.5. The van der Waals surface area contributed by atoms with Crippen LogP contribution < -0.4 is 5.32 Å². The molecular weight excluding hydrogens is 214 g/mol. The third-order valence-corrected chi connectivity index (χ3v) is 4.58. The van der Waals surface area contributed by atoms with E-state index in [1.54, 1.807) is 0 Å². The Balaban J connectivity index is 3.86. The summed E-state index contributed by atoms with van der Waals surface area (Å²) in [5.41, 5.74) is 0. The van der Waals surface area contributed by atoms with Crippen LogP contribution in [0.15, 0.2) is 0 Å². The summed E-state index contributed by atoms with van der Waals surface area (Å²) in [6.07, 6.45) is 4.01. The number of thioether (sulfide) groups is 1. The van der Waals surface area contributed by atoms with Gasteiger partial charge in [-0.05, 0) is 30.6 Å². The van der Waals surface area contributed by atoms with E-state index in [4.69, 9.17) is 0 Å². The first-order valence-electron chi connectivity index (χ1n) is 6.95. The minimum atomic E-state index is 0.721. The maximum absolute atomic E-state index is 3.63. The molecule has 1 atom stereocenters. The van der Waals surface area contributed by atoms with Crippen molar-refractivity contribution in [3.8, 4) is 0 Å². The molecule has 1 N–H and O–H groups in total.